The number of rotatable bonds is 4. The molecule has 3 rings (SSSR count). The first-order valence-electron chi connectivity index (χ1n) is 8.22. The summed E-state index contributed by atoms with van der Waals surface area (Å²) in [6.45, 7) is 2.14. The average Bonchev–Trinajstić information content (AvgIpc) is 3.01. The molecular weight excluding hydrogens is 338 g/mol. The second-order valence-corrected chi connectivity index (χ2v) is 5.83. The zero-order valence-electron chi connectivity index (χ0n) is 15.2. The minimum Gasteiger partial charge on any atom is -0.466 e. The van der Waals surface area contributed by atoms with E-state index < -0.39 is 11.9 Å². The van der Waals surface area contributed by atoms with E-state index in [1.54, 1.807) is 4.90 Å². The molecule has 0 amide bonds. The minimum absolute atomic E-state index is 0.0145. The average molecular weight is 359 g/mol. The van der Waals surface area contributed by atoms with Crippen molar-refractivity contribution >= 4 is 28.7 Å². The molecule has 1 aliphatic rings. The van der Waals surface area contributed by atoms with E-state index in [0.29, 0.717) is 5.69 Å². The summed E-state index contributed by atoms with van der Waals surface area (Å²) >= 11 is 0. The summed E-state index contributed by atoms with van der Waals surface area (Å²) in [4.78, 5) is 30.6. The lowest BCUT2D eigenvalue weighted by Gasteiger charge is -2.31. The van der Waals surface area contributed by atoms with Crippen molar-refractivity contribution in [3.05, 3.63) is 35.3 Å². The third-order valence-electron chi connectivity index (χ3n) is 4.42. The van der Waals surface area contributed by atoms with Gasteiger partial charge >= 0.3 is 11.9 Å². The van der Waals surface area contributed by atoms with Gasteiger partial charge in [-0.05, 0) is 18.2 Å². The molecule has 8 nitrogen and oxygen atoms in total. The molecule has 0 atom stereocenters. The van der Waals surface area contributed by atoms with Gasteiger partial charge in [0, 0.05) is 19.2 Å². The van der Waals surface area contributed by atoms with E-state index in [2.05, 4.69) is 4.98 Å². The fraction of sp³-hybridized carbons (Fsp3) is 0.389. The monoisotopic (exact) mass is 359 g/mol. The summed E-state index contributed by atoms with van der Waals surface area (Å²) < 4.78 is 17.2. The number of hydrogen-bond donors (Lipinski definition) is 0. The van der Waals surface area contributed by atoms with E-state index in [4.69, 9.17) is 14.2 Å². The Hall–Kier alpha value is -2.87. The van der Waals surface area contributed by atoms with E-state index in [9.17, 15) is 9.59 Å². The Labute approximate surface area is 150 Å². The smallest absolute Gasteiger partial charge is 0.355 e. The van der Waals surface area contributed by atoms with E-state index in [0.717, 1.165) is 23.3 Å². The van der Waals surface area contributed by atoms with Crippen LogP contribution in [0.5, 0.6) is 0 Å². The number of carbonyl (C=O) groups excluding carboxylic acids is 2. The van der Waals surface area contributed by atoms with Gasteiger partial charge in [0.05, 0.1) is 37.4 Å². The van der Waals surface area contributed by atoms with Crippen molar-refractivity contribution in [2.75, 3.05) is 32.5 Å². The van der Waals surface area contributed by atoms with Crippen LogP contribution in [-0.4, -0.2) is 49.0 Å². The maximum atomic E-state index is 12.3. The van der Waals surface area contributed by atoms with Crippen molar-refractivity contribution in [1.82, 2.24) is 9.55 Å². The summed E-state index contributed by atoms with van der Waals surface area (Å²) in [6, 6.07) is 5.65. The van der Waals surface area contributed by atoms with Crippen LogP contribution in [0.15, 0.2) is 29.5 Å². The lowest BCUT2D eigenvalue weighted by molar-refractivity contribution is -0.140. The number of nitrogens with zero attached hydrogens (tertiary/aromatic N) is 3. The molecule has 0 saturated carbocycles. The molecule has 1 aromatic carbocycles. The van der Waals surface area contributed by atoms with Gasteiger partial charge in [0.2, 0.25) is 0 Å². The summed E-state index contributed by atoms with van der Waals surface area (Å²) in [7, 11) is 4.50. The molecule has 1 aliphatic heterocycles. The van der Waals surface area contributed by atoms with E-state index in [-0.39, 0.29) is 24.6 Å². The molecule has 0 unspecified atom stereocenters. The molecule has 0 radical (unpaired) electrons. The lowest BCUT2D eigenvalue weighted by Crippen LogP contribution is -2.38. The predicted molar refractivity (Wildman–Crippen MR) is 94.4 cm³/mol. The van der Waals surface area contributed by atoms with Crippen molar-refractivity contribution in [3.63, 3.8) is 0 Å². The van der Waals surface area contributed by atoms with Crippen LogP contribution in [0.2, 0.25) is 0 Å². The van der Waals surface area contributed by atoms with E-state index >= 15 is 0 Å². The molecule has 0 bridgehead atoms. The third-order valence-corrected chi connectivity index (χ3v) is 4.42. The van der Waals surface area contributed by atoms with Crippen LogP contribution >= 0.6 is 0 Å². The highest BCUT2D eigenvalue weighted by Gasteiger charge is 2.32. The van der Waals surface area contributed by atoms with Gasteiger partial charge in [-0.25, -0.2) is 14.6 Å². The van der Waals surface area contributed by atoms with Gasteiger partial charge in [-0.15, -0.1) is 0 Å². The van der Waals surface area contributed by atoms with Crippen LogP contribution < -0.4 is 4.90 Å². The number of carbonyl (C=O) groups is 2. The molecule has 0 aliphatic carbocycles. The Kier molecular flexibility index (Phi) is 4.94. The first-order valence-corrected chi connectivity index (χ1v) is 8.22. The minimum atomic E-state index is -0.623. The Morgan fingerprint density at radius 3 is 2.62 bits per heavy atom. The number of benzene rings is 1. The van der Waals surface area contributed by atoms with Gasteiger partial charge < -0.3 is 23.7 Å². The van der Waals surface area contributed by atoms with Gasteiger partial charge in [0.15, 0.2) is 0 Å². The highest BCUT2D eigenvalue weighted by Crippen LogP contribution is 2.29. The molecule has 26 heavy (non-hydrogen) atoms. The van der Waals surface area contributed by atoms with Gasteiger partial charge in [-0.2, -0.15) is 0 Å². The highest BCUT2D eigenvalue weighted by atomic mass is 16.5. The van der Waals surface area contributed by atoms with Crippen LogP contribution in [0.25, 0.3) is 11.0 Å². The molecule has 0 N–H and O–H groups in total. The molecule has 0 saturated heterocycles. The first-order chi connectivity index (χ1) is 12.5. The fourth-order valence-electron chi connectivity index (χ4n) is 3.07. The number of ether oxygens (including phenoxy) is 3. The summed E-state index contributed by atoms with van der Waals surface area (Å²) in [6.07, 6.45) is 0.813. The van der Waals surface area contributed by atoms with Crippen molar-refractivity contribution < 1.29 is 23.8 Å². The Bertz CT molecular complexity index is 900. The highest BCUT2D eigenvalue weighted by molar-refractivity contribution is 6.03. The summed E-state index contributed by atoms with van der Waals surface area (Å²) in [5, 5.41) is 0. The number of aryl methyl sites for hydroxylation is 2. The molecular formula is C18H21N3O5. The SMILES string of the molecule is CCc1nc2cc(N3COCC(C(=O)OC)=C3C(=O)OC)ccc2n1C. The number of imidazole rings is 1. The van der Waals surface area contributed by atoms with Gasteiger partial charge in [-0.1, -0.05) is 6.92 Å². The second-order valence-electron chi connectivity index (χ2n) is 5.83. The van der Waals surface area contributed by atoms with Gasteiger partial charge in [-0.3, -0.25) is 0 Å². The Morgan fingerprint density at radius 2 is 1.96 bits per heavy atom. The number of fused-ring (bicyclic) bond motifs is 1. The standard InChI is InChI=1S/C18H21N3O5/c1-5-15-19-13-8-11(6-7-14(13)20(15)2)21-10-26-9-12(17(22)24-3)16(21)18(23)25-4/h6-8H,5,9-10H2,1-4H3. The molecule has 2 heterocycles. The maximum absolute atomic E-state index is 12.3. The van der Waals surface area contributed by atoms with Gasteiger partial charge in [0.25, 0.3) is 0 Å². The molecule has 0 fully saturated rings. The molecule has 1 aromatic heterocycles. The van der Waals surface area contributed by atoms with Crippen molar-refractivity contribution in [3.8, 4) is 0 Å². The summed E-state index contributed by atoms with van der Waals surface area (Å²) in [5.74, 6) is -0.280. The van der Waals surface area contributed by atoms with Gasteiger partial charge in [0.1, 0.15) is 18.3 Å². The van der Waals surface area contributed by atoms with Crippen LogP contribution in [-0.2, 0) is 37.3 Å². The van der Waals surface area contributed by atoms with Crippen LogP contribution in [0.3, 0.4) is 0 Å². The topological polar surface area (TPSA) is 82.9 Å². The van der Waals surface area contributed by atoms with Crippen molar-refractivity contribution in [1.29, 1.82) is 0 Å². The lowest BCUT2D eigenvalue weighted by atomic mass is 10.1. The number of aromatic nitrogens is 2. The number of methoxy groups -OCH3 is 2. The zero-order valence-corrected chi connectivity index (χ0v) is 15.2. The maximum Gasteiger partial charge on any atom is 0.355 e. The van der Waals surface area contributed by atoms with E-state index in [1.807, 2.05) is 36.7 Å². The van der Waals surface area contributed by atoms with Crippen LogP contribution in [0.1, 0.15) is 12.7 Å². The third kappa shape index (κ3) is 2.92. The largest absolute Gasteiger partial charge is 0.466 e. The second kappa shape index (κ2) is 7.17. The molecule has 8 heteroatoms. The fourth-order valence-corrected chi connectivity index (χ4v) is 3.07. The molecule has 0 spiro atoms. The molecule has 2 aromatic rings. The van der Waals surface area contributed by atoms with Crippen molar-refractivity contribution in [2.24, 2.45) is 7.05 Å². The Morgan fingerprint density at radius 1 is 1.23 bits per heavy atom. The number of esters is 2. The summed E-state index contributed by atoms with van der Waals surface area (Å²) in [5.41, 5.74) is 2.72. The van der Waals surface area contributed by atoms with Crippen molar-refractivity contribution in [2.45, 2.75) is 13.3 Å². The van der Waals surface area contributed by atoms with Crippen LogP contribution in [0.4, 0.5) is 5.69 Å². The molecule has 138 valence electrons. The van der Waals surface area contributed by atoms with Crippen LogP contribution in [0, 0.1) is 0 Å². The quantitative estimate of drug-likeness (QED) is 0.766. The normalized spacial score (nSPS) is 14.7. The number of anilines is 1. The van der Waals surface area contributed by atoms with E-state index in [1.165, 1.54) is 14.2 Å². The first kappa shape index (κ1) is 17.9. The predicted octanol–water partition coefficient (Wildman–Crippen LogP) is 1.53. The number of hydrogen-bond acceptors (Lipinski definition) is 7. The Balaban J connectivity index is 2.12. The zero-order chi connectivity index (χ0) is 18.8.